The van der Waals surface area contributed by atoms with Gasteiger partial charge < -0.3 is 10.0 Å². The Labute approximate surface area is 156 Å². The summed E-state index contributed by atoms with van der Waals surface area (Å²) in [5.41, 5.74) is 3.23. The molecule has 0 unspecified atom stereocenters. The molecule has 1 fully saturated rings. The average Bonchev–Trinajstić information content (AvgIpc) is 2.57. The second-order valence-corrected chi connectivity index (χ2v) is 7.83. The summed E-state index contributed by atoms with van der Waals surface area (Å²) in [6.07, 6.45) is 1.15. The lowest BCUT2D eigenvalue weighted by Gasteiger charge is -2.39. The van der Waals surface area contributed by atoms with E-state index in [0.29, 0.717) is 25.9 Å². The van der Waals surface area contributed by atoms with Crippen molar-refractivity contribution in [1.82, 2.24) is 4.90 Å². The van der Waals surface area contributed by atoms with E-state index >= 15 is 0 Å². The summed E-state index contributed by atoms with van der Waals surface area (Å²) < 4.78 is 1.06. The van der Waals surface area contributed by atoms with Crippen LogP contribution >= 0.6 is 22.6 Å². The SMILES string of the molecule is Cc1cccc(C2(O)CCN(C(=O)c3cccc(I)c3)CC2)c1C. The lowest BCUT2D eigenvalue weighted by Crippen LogP contribution is -2.45. The van der Waals surface area contributed by atoms with Crippen molar-refractivity contribution < 1.29 is 9.90 Å². The van der Waals surface area contributed by atoms with Crippen molar-refractivity contribution in [2.75, 3.05) is 13.1 Å². The van der Waals surface area contributed by atoms with Crippen molar-refractivity contribution in [2.24, 2.45) is 0 Å². The molecule has 24 heavy (non-hydrogen) atoms. The summed E-state index contributed by atoms with van der Waals surface area (Å²) in [5, 5.41) is 11.1. The van der Waals surface area contributed by atoms with Crippen molar-refractivity contribution in [3.63, 3.8) is 0 Å². The maximum absolute atomic E-state index is 12.7. The third-order valence-electron chi connectivity index (χ3n) is 5.06. The number of aryl methyl sites for hydroxylation is 1. The number of piperidine rings is 1. The smallest absolute Gasteiger partial charge is 0.253 e. The van der Waals surface area contributed by atoms with Gasteiger partial charge in [0.05, 0.1) is 5.60 Å². The molecule has 1 amide bonds. The third-order valence-corrected chi connectivity index (χ3v) is 5.73. The number of hydrogen-bond donors (Lipinski definition) is 1. The van der Waals surface area contributed by atoms with Crippen LogP contribution in [0.25, 0.3) is 0 Å². The highest BCUT2D eigenvalue weighted by Crippen LogP contribution is 2.35. The van der Waals surface area contributed by atoms with E-state index < -0.39 is 5.60 Å². The fraction of sp³-hybridized carbons (Fsp3) is 0.350. The predicted octanol–water partition coefficient (Wildman–Crippen LogP) is 4.03. The standard InChI is InChI=1S/C20H22INO2/c1-14-5-3-8-18(15(14)2)20(24)9-11-22(12-10-20)19(23)16-6-4-7-17(21)13-16/h3-8,13,24H,9-12H2,1-2H3. The molecule has 2 aromatic carbocycles. The number of likely N-dealkylation sites (tertiary alicyclic amines) is 1. The average molecular weight is 435 g/mol. The quantitative estimate of drug-likeness (QED) is 0.724. The van der Waals surface area contributed by atoms with Gasteiger partial charge in [-0.25, -0.2) is 0 Å². The summed E-state index contributed by atoms with van der Waals surface area (Å²) in [7, 11) is 0. The monoisotopic (exact) mass is 435 g/mol. The molecule has 0 aromatic heterocycles. The van der Waals surface area contributed by atoms with Crippen LogP contribution in [0.3, 0.4) is 0 Å². The highest BCUT2D eigenvalue weighted by Gasteiger charge is 2.36. The number of nitrogens with zero attached hydrogens (tertiary/aromatic N) is 1. The molecule has 0 radical (unpaired) electrons. The Bertz CT molecular complexity index is 764. The molecule has 126 valence electrons. The van der Waals surface area contributed by atoms with Gasteiger partial charge in [-0.3, -0.25) is 4.79 Å². The zero-order valence-corrected chi connectivity index (χ0v) is 16.2. The Balaban J connectivity index is 1.75. The van der Waals surface area contributed by atoms with Gasteiger partial charge in [0.2, 0.25) is 0 Å². The molecule has 1 heterocycles. The molecule has 0 bridgehead atoms. The molecular formula is C20H22INO2. The summed E-state index contributed by atoms with van der Waals surface area (Å²) in [4.78, 5) is 14.5. The molecule has 1 aliphatic rings. The first kappa shape index (κ1) is 17.4. The lowest BCUT2D eigenvalue weighted by molar-refractivity contribution is -0.0216. The Kier molecular flexibility index (Phi) is 4.97. The number of carbonyl (C=O) groups is 1. The van der Waals surface area contributed by atoms with Crippen LogP contribution in [0.5, 0.6) is 0 Å². The summed E-state index contributed by atoms with van der Waals surface area (Å²) in [6, 6.07) is 13.7. The first-order valence-electron chi connectivity index (χ1n) is 8.25. The minimum absolute atomic E-state index is 0.0523. The third kappa shape index (κ3) is 3.35. The maximum Gasteiger partial charge on any atom is 0.253 e. The zero-order valence-electron chi connectivity index (χ0n) is 14.1. The normalized spacial score (nSPS) is 16.9. The van der Waals surface area contributed by atoms with Gasteiger partial charge in [0.1, 0.15) is 0 Å². The predicted molar refractivity (Wildman–Crippen MR) is 104 cm³/mol. The number of carbonyl (C=O) groups excluding carboxylic acids is 1. The molecule has 0 spiro atoms. The highest BCUT2D eigenvalue weighted by molar-refractivity contribution is 14.1. The minimum atomic E-state index is -0.835. The van der Waals surface area contributed by atoms with E-state index in [0.717, 1.165) is 20.3 Å². The molecule has 2 aromatic rings. The van der Waals surface area contributed by atoms with Crippen molar-refractivity contribution >= 4 is 28.5 Å². The second kappa shape index (κ2) is 6.84. The van der Waals surface area contributed by atoms with Crippen LogP contribution in [-0.4, -0.2) is 29.0 Å². The van der Waals surface area contributed by atoms with Crippen LogP contribution in [0.15, 0.2) is 42.5 Å². The Hall–Kier alpha value is -1.40. The van der Waals surface area contributed by atoms with Gasteiger partial charge in [0, 0.05) is 22.2 Å². The molecule has 3 nitrogen and oxygen atoms in total. The van der Waals surface area contributed by atoms with Crippen LogP contribution in [-0.2, 0) is 5.60 Å². The van der Waals surface area contributed by atoms with Gasteiger partial charge in [-0.2, -0.15) is 0 Å². The van der Waals surface area contributed by atoms with E-state index in [1.807, 2.05) is 41.3 Å². The van der Waals surface area contributed by atoms with E-state index in [-0.39, 0.29) is 5.91 Å². The van der Waals surface area contributed by atoms with Crippen LogP contribution in [0, 0.1) is 17.4 Å². The second-order valence-electron chi connectivity index (χ2n) is 6.58. The van der Waals surface area contributed by atoms with Crippen LogP contribution in [0.2, 0.25) is 0 Å². The van der Waals surface area contributed by atoms with Gasteiger partial charge in [0.15, 0.2) is 0 Å². The number of amides is 1. The van der Waals surface area contributed by atoms with E-state index in [1.165, 1.54) is 5.56 Å². The Morgan fingerprint density at radius 2 is 1.79 bits per heavy atom. The molecule has 1 saturated heterocycles. The molecule has 1 N–H and O–H groups in total. The Morgan fingerprint density at radius 3 is 2.46 bits per heavy atom. The molecule has 3 rings (SSSR count). The number of hydrogen-bond acceptors (Lipinski definition) is 2. The van der Waals surface area contributed by atoms with Gasteiger partial charge in [-0.05, 0) is 84.2 Å². The summed E-state index contributed by atoms with van der Waals surface area (Å²) >= 11 is 2.22. The van der Waals surface area contributed by atoms with E-state index in [1.54, 1.807) is 0 Å². The first-order chi connectivity index (χ1) is 11.4. The zero-order chi connectivity index (χ0) is 17.3. The fourth-order valence-corrected chi connectivity index (χ4v) is 3.95. The van der Waals surface area contributed by atoms with E-state index in [4.69, 9.17) is 0 Å². The minimum Gasteiger partial charge on any atom is -0.385 e. The molecule has 0 aliphatic carbocycles. The lowest BCUT2D eigenvalue weighted by atomic mass is 9.81. The van der Waals surface area contributed by atoms with Crippen LogP contribution in [0.4, 0.5) is 0 Å². The van der Waals surface area contributed by atoms with Gasteiger partial charge in [-0.15, -0.1) is 0 Å². The fourth-order valence-electron chi connectivity index (χ4n) is 3.41. The molecule has 4 heteroatoms. The van der Waals surface area contributed by atoms with Crippen LogP contribution in [0.1, 0.15) is 39.9 Å². The van der Waals surface area contributed by atoms with E-state index in [9.17, 15) is 9.90 Å². The van der Waals surface area contributed by atoms with Crippen molar-refractivity contribution in [2.45, 2.75) is 32.3 Å². The van der Waals surface area contributed by atoms with Crippen LogP contribution < -0.4 is 0 Å². The number of rotatable bonds is 2. The van der Waals surface area contributed by atoms with Crippen molar-refractivity contribution in [3.8, 4) is 0 Å². The number of halogens is 1. The topological polar surface area (TPSA) is 40.5 Å². The molecule has 0 atom stereocenters. The van der Waals surface area contributed by atoms with Crippen molar-refractivity contribution in [3.05, 3.63) is 68.3 Å². The largest absolute Gasteiger partial charge is 0.385 e. The number of benzene rings is 2. The van der Waals surface area contributed by atoms with Gasteiger partial charge in [-0.1, -0.05) is 24.3 Å². The van der Waals surface area contributed by atoms with Gasteiger partial charge >= 0.3 is 0 Å². The molecule has 0 saturated carbocycles. The highest BCUT2D eigenvalue weighted by atomic mass is 127. The molecular weight excluding hydrogens is 413 g/mol. The summed E-state index contributed by atoms with van der Waals surface area (Å²) in [6.45, 7) is 5.28. The first-order valence-corrected chi connectivity index (χ1v) is 9.32. The number of aliphatic hydroxyl groups is 1. The molecule has 1 aliphatic heterocycles. The maximum atomic E-state index is 12.7. The van der Waals surface area contributed by atoms with E-state index in [2.05, 4.69) is 42.5 Å². The summed E-state index contributed by atoms with van der Waals surface area (Å²) in [5.74, 6) is 0.0523. The Morgan fingerprint density at radius 1 is 1.12 bits per heavy atom. The van der Waals surface area contributed by atoms with Gasteiger partial charge in [0.25, 0.3) is 5.91 Å². The van der Waals surface area contributed by atoms with Crippen molar-refractivity contribution in [1.29, 1.82) is 0 Å².